The third-order valence-corrected chi connectivity index (χ3v) is 3.36. The third kappa shape index (κ3) is 1.95. The molecule has 1 unspecified atom stereocenters. The number of H-pyrrole nitrogens is 1. The Kier molecular flexibility index (Phi) is 2.64. The van der Waals surface area contributed by atoms with Crippen LogP contribution in [0.2, 0.25) is 0 Å². The molecule has 17 heavy (non-hydrogen) atoms. The fourth-order valence-corrected chi connectivity index (χ4v) is 2.45. The quantitative estimate of drug-likeness (QED) is 0.817. The van der Waals surface area contributed by atoms with Gasteiger partial charge in [-0.15, -0.1) is 0 Å². The smallest absolute Gasteiger partial charge is 0.138 e. The molecule has 0 bridgehead atoms. The number of nitrogens with one attached hydrogen (secondary N) is 2. The second-order valence-corrected chi connectivity index (χ2v) is 4.43. The zero-order valence-corrected chi connectivity index (χ0v) is 9.85. The number of hydrogen-bond donors (Lipinski definition) is 2. The molecular formula is C11H16N6. The zero-order chi connectivity index (χ0) is 11.7. The first-order chi connectivity index (χ1) is 8.34. The van der Waals surface area contributed by atoms with Gasteiger partial charge in [0.2, 0.25) is 0 Å². The number of hydrogen-bond acceptors (Lipinski definition) is 4. The van der Waals surface area contributed by atoms with Crippen LogP contribution in [0.1, 0.15) is 36.0 Å². The molecule has 6 heteroatoms. The van der Waals surface area contributed by atoms with Gasteiger partial charge in [-0.1, -0.05) is 0 Å². The molecule has 0 aliphatic heterocycles. The van der Waals surface area contributed by atoms with Crippen LogP contribution in [0.5, 0.6) is 0 Å². The van der Waals surface area contributed by atoms with Gasteiger partial charge in [0.05, 0.1) is 12.7 Å². The minimum atomic E-state index is 0.387. The van der Waals surface area contributed by atoms with E-state index in [0.717, 1.165) is 25.2 Å². The van der Waals surface area contributed by atoms with Crippen molar-refractivity contribution in [2.45, 2.75) is 31.8 Å². The molecule has 0 saturated heterocycles. The summed E-state index contributed by atoms with van der Waals surface area (Å²) in [6, 6.07) is 0.387. The highest BCUT2D eigenvalue weighted by atomic mass is 15.3. The number of rotatable bonds is 3. The SMILES string of the molecule is Cn1ncc2c1CCCC2NCc1ncn[nH]1. The molecular weight excluding hydrogens is 216 g/mol. The van der Waals surface area contributed by atoms with Crippen molar-refractivity contribution in [2.75, 3.05) is 0 Å². The lowest BCUT2D eigenvalue weighted by Gasteiger charge is -2.23. The maximum atomic E-state index is 4.33. The highest BCUT2D eigenvalue weighted by Gasteiger charge is 2.22. The summed E-state index contributed by atoms with van der Waals surface area (Å²) in [6.45, 7) is 0.721. The highest BCUT2D eigenvalue weighted by molar-refractivity contribution is 5.24. The van der Waals surface area contributed by atoms with Crippen LogP contribution in [0, 0.1) is 0 Å². The van der Waals surface area contributed by atoms with Gasteiger partial charge in [-0.2, -0.15) is 10.2 Å². The average Bonchev–Trinajstić information content (AvgIpc) is 2.97. The molecule has 0 saturated carbocycles. The summed E-state index contributed by atoms with van der Waals surface area (Å²) in [4.78, 5) is 4.11. The van der Waals surface area contributed by atoms with Gasteiger partial charge in [0.1, 0.15) is 12.2 Å². The Morgan fingerprint density at radius 1 is 1.59 bits per heavy atom. The summed E-state index contributed by atoms with van der Waals surface area (Å²) in [6.07, 6.45) is 7.01. The highest BCUT2D eigenvalue weighted by Crippen LogP contribution is 2.29. The first kappa shape index (κ1) is 10.5. The van der Waals surface area contributed by atoms with Crippen LogP contribution in [0.15, 0.2) is 12.5 Å². The Morgan fingerprint density at radius 3 is 3.35 bits per heavy atom. The fourth-order valence-electron chi connectivity index (χ4n) is 2.45. The van der Waals surface area contributed by atoms with Crippen molar-refractivity contribution in [3.63, 3.8) is 0 Å². The molecule has 6 nitrogen and oxygen atoms in total. The van der Waals surface area contributed by atoms with E-state index in [4.69, 9.17) is 0 Å². The van der Waals surface area contributed by atoms with Gasteiger partial charge in [-0.05, 0) is 19.3 Å². The molecule has 2 heterocycles. The fraction of sp³-hybridized carbons (Fsp3) is 0.545. The van der Waals surface area contributed by atoms with Crippen LogP contribution < -0.4 is 5.32 Å². The van der Waals surface area contributed by atoms with Crippen LogP contribution in [0.3, 0.4) is 0 Å². The minimum absolute atomic E-state index is 0.387. The first-order valence-electron chi connectivity index (χ1n) is 5.93. The van der Waals surface area contributed by atoms with Crippen LogP contribution >= 0.6 is 0 Å². The van der Waals surface area contributed by atoms with Crippen molar-refractivity contribution >= 4 is 0 Å². The topological polar surface area (TPSA) is 71.4 Å². The molecule has 0 fully saturated rings. The molecule has 2 aromatic heterocycles. The molecule has 0 radical (unpaired) electrons. The Balaban J connectivity index is 1.72. The van der Waals surface area contributed by atoms with Gasteiger partial charge in [-0.25, -0.2) is 4.98 Å². The zero-order valence-electron chi connectivity index (χ0n) is 9.85. The monoisotopic (exact) mass is 232 g/mol. The maximum absolute atomic E-state index is 4.33. The van der Waals surface area contributed by atoms with E-state index in [1.165, 1.54) is 24.0 Å². The molecule has 0 aromatic carbocycles. The van der Waals surface area contributed by atoms with Crippen molar-refractivity contribution in [1.82, 2.24) is 30.3 Å². The standard InChI is InChI=1S/C11H16N6/c1-17-10-4-2-3-9(8(10)5-15-17)12-6-11-13-7-14-16-11/h5,7,9,12H,2-4,6H2,1H3,(H,13,14,16). The van der Waals surface area contributed by atoms with Gasteiger partial charge < -0.3 is 5.32 Å². The van der Waals surface area contributed by atoms with Gasteiger partial charge in [-0.3, -0.25) is 9.78 Å². The number of fused-ring (bicyclic) bond motifs is 1. The Hall–Kier alpha value is -1.69. The number of nitrogens with zero attached hydrogens (tertiary/aromatic N) is 4. The molecule has 0 spiro atoms. The number of aryl methyl sites for hydroxylation is 1. The van der Waals surface area contributed by atoms with Crippen LogP contribution in [0.25, 0.3) is 0 Å². The van der Waals surface area contributed by atoms with E-state index < -0.39 is 0 Å². The van der Waals surface area contributed by atoms with E-state index in [1.54, 1.807) is 0 Å². The van der Waals surface area contributed by atoms with Crippen molar-refractivity contribution < 1.29 is 0 Å². The molecule has 1 aliphatic carbocycles. The summed E-state index contributed by atoms with van der Waals surface area (Å²) in [7, 11) is 2.01. The molecule has 3 rings (SSSR count). The Bertz CT molecular complexity index is 486. The maximum Gasteiger partial charge on any atom is 0.138 e. The third-order valence-electron chi connectivity index (χ3n) is 3.36. The summed E-state index contributed by atoms with van der Waals surface area (Å²) in [5.41, 5.74) is 2.68. The first-order valence-corrected chi connectivity index (χ1v) is 5.93. The van der Waals surface area contributed by atoms with Crippen molar-refractivity contribution in [2.24, 2.45) is 7.05 Å². The average molecular weight is 232 g/mol. The second-order valence-electron chi connectivity index (χ2n) is 4.43. The number of aromatic nitrogens is 5. The minimum Gasteiger partial charge on any atom is -0.303 e. The Labute approximate surface area is 99.4 Å². The van der Waals surface area contributed by atoms with Crippen LogP contribution in [-0.4, -0.2) is 25.0 Å². The lowest BCUT2D eigenvalue weighted by molar-refractivity contribution is 0.446. The molecule has 1 atom stereocenters. The lowest BCUT2D eigenvalue weighted by Crippen LogP contribution is -2.25. The molecule has 1 aliphatic rings. The summed E-state index contributed by atoms with van der Waals surface area (Å²) in [5.74, 6) is 0.876. The predicted octanol–water partition coefficient (Wildman–Crippen LogP) is 0.705. The van der Waals surface area contributed by atoms with Gasteiger partial charge in [0.25, 0.3) is 0 Å². The van der Waals surface area contributed by atoms with Crippen molar-refractivity contribution in [1.29, 1.82) is 0 Å². The summed E-state index contributed by atoms with van der Waals surface area (Å²) >= 11 is 0. The summed E-state index contributed by atoms with van der Waals surface area (Å²) in [5, 5.41) is 14.5. The number of aromatic amines is 1. The van der Waals surface area contributed by atoms with Gasteiger partial charge in [0.15, 0.2) is 0 Å². The largest absolute Gasteiger partial charge is 0.303 e. The molecule has 90 valence electrons. The van der Waals surface area contributed by atoms with E-state index in [9.17, 15) is 0 Å². The normalized spacial score (nSPS) is 19.2. The lowest BCUT2D eigenvalue weighted by atomic mass is 9.93. The van der Waals surface area contributed by atoms with E-state index in [1.807, 2.05) is 17.9 Å². The molecule has 0 amide bonds. The van der Waals surface area contributed by atoms with E-state index >= 15 is 0 Å². The van der Waals surface area contributed by atoms with Gasteiger partial charge >= 0.3 is 0 Å². The van der Waals surface area contributed by atoms with E-state index in [2.05, 4.69) is 25.6 Å². The van der Waals surface area contributed by atoms with Crippen LogP contribution in [0.4, 0.5) is 0 Å². The molecule has 2 aromatic rings. The van der Waals surface area contributed by atoms with Gasteiger partial charge in [0, 0.05) is 24.3 Å². The summed E-state index contributed by atoms with van der Waals surface area (Å²) < 4.78 is 1.98. The van der Waals surface area contributed by atoms with E-state index in [-0.39, 0.29) is 0 Å². The van der Waals surface area contributed by atoms with Crippen molar-refractivity contribution in [3.05, 3.63) is 29.6 Å². The Morgan fingerprint density at radius 2 is 2.53 bits per heavy atom. The second kappa shape index (κ2) is 4.29. The van der Waals surface area contributed by atoms with E-state index in [0.29, 0.717) is 6.04 Å². The van der Waals surface area contributed by atoms with Crippen molar-refractivity contribution in [3.8, 4) is 0 Å². The molecule has 2 N–H and O–H groups in total. The predicted molar refractivity (Wildman–Crippen MR) is 62.1 cm³/mol. The van der Waals surface area contributed by atoms with Crippen LogP contribution in [-0.2, 0) is 20.0 Å².